The summed E-state index contributed by atoms with van der Waals surface area (Å²) in [5, 5.41) is 7.77. The van der Waals surface area contributed by atoms with Gasteiger partial charge in [0.15, 0.2) is 17.5 Å². The Morgan fingerprint density at radius 3 is 2.36 bits per heavy atom. The summed E-state index contributed by atoms with van der Waals surface area (Å²) in [6.45, 7) is 6.20. The summed E-state index contributed by atoms with van der Waals surface area (Å²) in [5.74, 6) is 2.76. The van der Waals surface area contributed by atoms with E-state index in [1.807, 2.05) is 25.3 Å². The third-order valence-corrected chi connectivity index (χ3v) is 5.32. The van der Waals surface area contributed by atoms with Crippen LogP contribution in [0.4, 0.5) is 0 Å². The number of nitrogens with zero attached hydrogens (tertiary/aromatic N) is 2. The lowest BCUT2D eigenvalue weighted by Gasteiger charge is -2.14. The van der Waals surface area contributed by atoms with Crippen LogP contribution in [0.1, 0.15) is 29.3 Å². The van der Waals surface area contributed by atoms with Crippen molar-refractivity contribution < 1.29 is 14.2 Å². The Labute approximate surface area is 171 Å². The van der Waals surface area contributed by atoms with E-state index in [1.54, 1.807) is 32.7 Å². The molecule has 1 aromatic heterocycles. The number of nitrogens with one attached hydrogen (secondary N) is 2. The van der Waals surface area contributed by atoms with Crippen LogP contribution in [0.3, 0.4) is 0 Å². The van der Waals surface area contributed by atoms with Crippen LogP contribution >= 0.6 is 11.3 Å². The molecule has 0 amide bonds. The molecule has 0 saturated heterocycles. The summed E-state index contributed by atoms with van der Waals surface area (Å²) in [6.07, 6.45) is 3.86. The first-order valence-electron chi connectivity index (χ1n) is 9.39. The minimum atomic E-state index is 0.454. The molecule has 0 aliphatic carbocycles. The molecule has 1 heterocycles. The van der Waals surface area contributed by atoms with Gasteiger partial charge in [0.1, 0.15) is 5.75 Å². The van der Waals surface area contributed by atoms with Crippen molar-refractivity contribution in [1.82, 2.24) is 15.6 Å². The molecule has 8 heteroatoms. The molecule has 28 heavy (non-hydrogen) atoms. The third-order valence-electron chi connectivity index (χ3n) is 4.12. The molecule has 0 aliphatic rings. The van der Waals surface area contributed by atoms with Gasteiger partial charge in [-0.1, -0.05) is 6.92 Å². The zero-order chi connectivity index (χ0) is 20.4. The second kappa shape index (κ2) is 11.4. The van der Waals surface area contributed by atoms with E-state index in [9.17, 15) is 0 Å². The molecule has 154 valence electrons. The van der Waals surface area contributed by atoms with Gasteiger partial charge in [-0.2, -0.15) is 0 Å². The highest BCUT2D eigenvalue weighted by Crippen LogP contribution is 2.34. The number of benzene rings is 1. The monoisotopic (exact) mass is 406 g/mol. The number of rotatable bonds is 10. The van der Waals surface area contributed by atoms with Gasteiger partial charge in [0.25, 0.3) is 0 Å². The summed E-state index contributed by atoms with van der Waals surface area (Å²) in [4.78, 5) is 10.5. The molecular weight excluding hydrogens is 376 g/mol. The van der Waals surface area contributed by atoms with Gasteiger partial charge in [-0.05, 0) is 19.4 Å². The highest BCUT2D eigenvalue weighted by molar-refractivity contribution is 7.11. The van der Waals surface area contributed by atoms with Crippen LogP contribution in [-0.2, 0) is 19.4 Å². The van der Waals surface area contributed by atoms with Crippen molar-refractivity contribution in [3.05, 3.63) is 33.8 Å². The Morgan fingerprint density at radius 2 is 1.75 bits per heavy atom. The Balaban J connectivity index is 2.04. The van der Waals surface area contributed by atoms with Crippen LogP contribution in [-0.4, -0.2) is 45.4 Å². The number of methoxy groups -OCH3 is 3. The van der Waals surface area contributed by atoms with Crippen molar-refractivity contribution in [2.24, 2.45) is 4.99 Å². The molecule has 0 atom stereocenters. The van der Waals surface area contributed by atoms with Crippen molar-refractivity contribution in [1.29, 1.82) is 0 Å². The molecule has 0 aliphatic heterocycles. The summed E-state index contributed by atoms with van der Waals surface area (Å²) >= 11 is 1.77. The van der Waals surface area contributed by atoms with E-state index in [0.29, 0.717) is 23.8 Å². The largest absolute Gasteiger partial charge is 0.496 e. The van der Waals surface area contributed by atoms with Crippen LogP contribution in [0.2, 0.25) is 0 Å². The standard InChI is InChI=1S/C20H30N4O3S/c1-6-15-13-23-19(28-15)8-9-22-20(21-7-2)24-12-14-10-17(26-4)18(27-5)11-16(14)25-3/h10-11,13H,6-9,12H2,1-5H3,(H2,21,22,24). The first-order chi connectivity index (χ1) is 13.6. The van der Waals surface area contributed by atoms with E-state index >= 15 is 0 Å². The lowest BCUT2D eigenvalue weighted by atomic mass is 10.1. The maximum atomic E-state index is 5.48. The van der Waals surface area contributed by atoms with Crippen molar-refractivity contribution in [2.45, 2.75) is 33.2 Å². The number of hydrogen-bond acceptors (Lipinski definition) is 6. The van der Waals surface area contributed by atoms with Gasteiger partial charge >= 0.3 is 0 Å². The van der Waals surface area contributed by atoms with Crippen LogP contribution in [0.25, 0.3) is 0 Å². The number of aliphatic imine (C=N–C) groups is 1. The molecule has 2 N–H and O–H groups in total. The quantitative estimate of drug-likeness (QED) is 0.467. The zero-order valence-electron chi connectivity index (χ0n) is 17.3. The average Bonchev–Trinajstić information content (AvgIpc) is 3.19. The molecule has 2 aromatic rings. The van der Waals surface area contributed by atoms with E-state index in [2.05, 4.69) is 27.5 Å². The molecule has 0 spiro atoms. The smallest absolute Gasteiger partial charge is 0.191 e. The first-order valence-corrected chi connectivity index (χ1v) is 10.2. The Kier molecular flexibility index (Phi) is 8.87. The van der Waals surface area contributed by atoms with Crippen LogP contribution in [0, 0.1) is 0 Å². The first kappa shape index (κ1) is 21.8. The second-order valence-corrected chi connectivity index (χ2v) is 7.16. The van der Waals surface area contributed by atoms with Gasteiger partial charge < -0.3 is 24.8 Å². The van der Waals surface area contributed by atoms with E-state index < -0.39 is 0 Å². The highest BCUT2D eigenvalue weighted by Gasteiger charge is 2.12. The SMILES string of the molecule is CCNC(=NCc1cc(OC)c(OC)cc1OC)NCCc1ncc(CC)s1. The lowest BCUT2D eigenvalue weighted by molar-refractivity contribution is 0.347. The maximum absolute atomic E-state index is 5.48. The minimum Gasteiger partial charge on any atom is -0.496 e. The molecular formula is C20H30N4O3S. The summed E-state index contributed by atoms with van der Waals surface area (Å²) in [7, 11) is 4.86. The van der Waals surface area contributed by atoms with Crippen molar-refractivity contribution in [2.75, 3.05) is 34.4 Å². The summed E-state index contributed by atoms with van der Waals surface area (Å²) in [5.41, 5.74) is 0.921. The number of guanidine groups is 1. The lowest BCUT2D eigenvalue weighted by Crippen LogP contribution is -2.38. The molecule has 0 radical (unpaired) electrons. The van der Waals surface area contributed by atoms with Gasteiger partial charge in [-0.25, -0.2) is 9.98 Å². The highest BCUT2D eigenvalue weighted by atomic mass is 32.1. The topological polar surface area (TPSA) is 77.0 Å². The fourth-order valence-electron chi connectivity index (χ4n) is 2.64. The summed E-state index contributed by atoms with van der Waals surface area (Å²) in [6, 6.07) is 3.71. The fourth-order valence-corrected chi connectivity index (χ4v) is 3.50. The van der Waals surface area contributed by atoms with E-state index in [0.717, 1.165) is 42.5 Å². The van der Waals surface area contributed by atoms with Crippen molar-refractivity contribution in [3.63, 3.8) is 0 Å². The Hall–Kier alpha value is -2.48. The van der Waals surface area contributed by atoms with Gasteiger partial charge in [0.05, 0.1) is 32.9 Å². The van der Waals surface area contributed by atoms with E-state index in [4.69, 9.17) is 14.2 Å². The van der Waals surface area contributed by atoms with Crippen molar-refractivity contribution >= 4 is 17.3 Å². The normalized spacial score (nSPS) is 11.2. The molecule has 0 bridgehead atoms. The van der Waals surface area contributed by atoms with Crippen LogP contribution < -0.4 is 24.8 Å². The predicted molar refractivity (Wildman–Crippen MR) is 114 cm³/mol. The minimum absolute atomic E-state index is 0.454. The van der Waals surface area contributed by atoms with Gasteiger partial charge in [-0.15, -0.1) is 11.3 Å². The van der Waals surface area contributed by atoms with Crippen molar-refractivity contribution in [3.8, 4) is 17.2 Å². The number of hydrogen-bond donors (Lipinski definition) is 2. The molecule has 7 nitrogen and oxygen atoms in total. The molecule has 2 rings (SSSR count). The average molecular weight is 407 g/mol. The predicted octanol–water partition coefficient (Wildman–Crippen LogP) is 3.03. The van der Waals surface area contributed by atoms with Crippen LogP contribution in [0.15, 0.2) is 23.3 Å². The Morgan fingerprint density at radius 1 is 1.04 bits per heavy atom. The molecule has 1 aromatic carbocycles. The maximum Gasteiger partial charge on any atom is 0.191 e. The van der Waals surface area contributed by atoms with Gasteiger partial charge in [-0.3, -0.25) is 0 Å². The number of thiazole rings is 1. The molecule has 0 fully saturated rings. The second-order valence-electron chi connectivity index (χ2n) is 5.96. The third kappa shape index (κ3) is 6.02. The summed E-state index contributed by atoms with van der Waals surface area (Å²) < 4.78 is 16.2. The number of ether oxygens (including phenoxy) is 3. The van der Waals surface area contributed by atoms with Gasteiger partial charge in [0.2, 0.25) is 0 Å². The fraction of sp³-hybridized carbons (Fsp3) is 0.500. The van der Waals surface area contributed by atoms with Crippen LogP contribution in [0.5, 0.6) is 17.2 Å². The van der Waals surface area contributed by atoms with E-state index in [-0.39, 0.29) is 0 Å². The number of aryl methyl sites for hydroxylation is 1. The van der Waals surface area contributed by atoms with E-state index in [1.165, 1.54) is 4.88 Å². The Bertz CT molecular complexity index is 777. The molecule has 0 unspecified atom stereocenters. The zero-order valence-corrected chi connectivity index (χ0v) is 18.1. The molecule has 0 saturated carbocycles. The van der Waals surface area contributed by atoms with Gasteiger partial charge in [0, 0.05) is 42.2 Å². The number of aromatic nitrogens is 1.